The summed E-state index contributed by atoms with van der Waals surface area (Å²) < 4.78 is 56.9. The van der Waals surface area contributed by atoms with E-state index >= 15 is 0 Å². The molecule has 55 heavy (non-hydrogen) atoms. The first-order valence-corrected chi connectivity index (χ1v) is 16.6. The van der Waals surface area contributed by atoms with E-state index in [0.717, 1.165) is 16.0 Å². The number of aryl methyl sites for hydroxylation is 4. The molecule has 0 aliphatic rings. The Kier molecular flexibility index (Phi) is 9.63. The van der Waals surface area contributed by atoms with Crippen molar-refractivity contribution in [1.82, 2.24) is 39.0 Å². The number of rotatable bonds is 6. The number of nitrogens with two attached hydrogens (primary N) is 1. The van der Waals surface area contributed by atoms with Gasteiger partial charge in [-0.15, -0.1) is 0 Å². The van der Waals surface area contributed by atoms with Crippen LogP contribution in [0.25, 0.3) is 45.1 Å². The minimum atomic E-state index is -0.816. The molecular weight excluding hydrogens is 714 g/mol. The summed E-state index contributed by atoms with van der Waals surface area (Å²) in [6.45, 7) is 3.54. The number of carbonyl (C=O) groups is 1. The van der Waals surface area contributed by atoms with Gasteiger partial charge in [-0.3, -0.25) is 0 Å². The van der Waals surface area contributed by atoms with Crippen LogP contribution >= 0.6 is 0 Å². The van der Waals surface area contributed by atoms with Crippen molar-refractivity contribution in [2.24, 2.45) is 19.8 Å². The van der Waals surface area contributed by atoms with Crippen molar-refractivity contribution in [3.8, 4) is 22.8 Å². The summed E-state index contributed by atoms with van der Waals surface area (Å²) in [5.74, 6) is -0.0643. The summed E-state index contributed by atoms with van der Waals surface area (Å²) in [5.41, 5.74) is 11.4. The SMILES string of the molecule is Cc1cc(F)ccc1-c1nc(N(C(N)=O)c2ccc(F)cc2)c2ncn(C)c2n1.Cc1cc(F)ccc1-c1nc(Nc2ccc(F)cc2)c2ncn(C)c2n1. The maximum atomic E-state index is 13.5. The van der Waals surface area contributed by atoms with Gasteiger partial charge in [-0.1, -0.05) is 0 Å². The van der Waals surface area contributed by atoms with Crippen molar-refractivity contribution in [3.63, 3.8) is 0 Å². The molecule has 12 nitrogen and oxygen atoms in total. The van der Waals surface area contributed by atoms with Crippen molar-refractivity contribution in [1.29, 1.82) is 0 Å². The highest BCUT2D eigenvalue weighted by atomic mass is 19.1. The van der Waals surface area contributed by atoms with Gasteiger partial charge in [0.15, 0.2) is 45.6 Å². The fraction of sp³-hybridized carbons (Fsp3) is 0.103. The molecule has 8 aromatic rings. The molecule has 0 bridgehead atoms. The molecule has 4 aromatic heterocycles. The Bertz CT molecular complexity index is 2710. The van der Waals surface area contributed by atoms with Gasteiger partial charge in [0, 0.05) is 30.9 Å². The largest absolute Gasteiger partial charge is 0.351 e. The Labute approximate surface area is 311 Å². The summed E-state index contributed by atoms with van der Waals surface area (Å²) in [4.78, 5) is 40.3. The first-order valence-electron chi connectivity index (χ1n) is 16.6. The molecule has 0 saturated heterocycles. The number of imidazole rings is 2. The normalized spacial score (nSPS) is 11.1. The second-order valence-corrected chi connectivity index (χ2v) is 12.5. The number of hydrogen-bond acceptors (Lipinski definition) is 8. The van der Waals surface area contributed by atoms with Gasteiger partial charge >= 0.3 is 6.03 Å². The predicted molar refractivity (Wildman–Crippen MR) is 201 cm³/mol. The molecule has 0 fully saturated rings. The molecule has 0 atom stereocenters. The van der Waals surface area contributed by atoms with Crippen LogP contribution in [0.1, 0.15) is 11.1 Å². The monoisotopic (exact) mass is 745 g/mol. The molecule has 0 aliphatic carbocycles. The van der Waals surface area contributed by atoms with E-state index in [-0.39, 0.29) is 29.1 Å². The molecular formula is C39H31F4N11O. The molecule has 0 unspecified atom stereocenters. The number of aromatic nitrogens is 8. The number of carbonyl (C=O) groups excluding carboxylic acids is 1. The molecule has 0 aliphatic heterocycles. The number of urea groups is 1. The molecule has 0 spiro atoms. The molecule has 3 N–H and O–H groups in total. The van der Waals surface area contributed by atoms with E-state index in [1.54, 1.807) is 53.7 Å². The summed E-state index contributed by atoms with van der Waals surface area (Å²) in [6, 6.07) is 19.2. The number of nitrogens with one attached hydrogen (secondary N) is 1. The Morgan fingerprint density at radius 1 is 0.636 bits per heavy atom. The van der Waals surface area contributed by atoms with E-state index in [1.807, 2.05) is 14.0 Å². The van der Waals surface area contributed by atoms with Crippen LogP contribution in [0.4, 0.5) is 45.4 Å². The third kappa shape index (κ3) is 7.37. The Morgan fingerprint density at radius 2 is 1.11 bits per heavy atom. The summed E-state index contributed by atoms with van der Waals surface area (Å²) in [5, 5.41) is 3.16. The molecule has 2 amide bonds. The first-order chi connectivity index (χ1) is 26.4. The van der Waals surface area contributed by atoms with Crippen LogP contribution in [0.15, 0.2) is 97.6 Å². The number of fused-ring (bicyclic) bond motifs is 2. The summed E-state index contributed by atoms with van der Waals surface area (Å²) in [7, 11) is 3.59. The number of halogens is 4. The zero-order chi connectivity index (χ0) is 39.0. The number of anilines is 4. The van der Waals surface area contributed by atoms with Gasteiger partial charge in [0.25, 0.3) is 0 Å². The lowest BCUT2D eigenvalue weighted by molar-refractivity contribution is 0.256. The van der Waals surface area contributed by atoms with Gasteiger partial charge in [0.2, 0.25) is 0 Å². The molecule has 276 valence electrons. The first kappa shape index (κ1) is 36.1. The number of amides is 2. The minimum absolute atomic E-state index is 0.147. The Balaban J connectivity index is 0.000000170. The maximum absolute atomic E-state index is 13.5. The maximum Gasteiger partial charge on any atom is 0.325 e. The van der Waals surface area contributed by atoms with Crippen LogP contribution in [-0.4, -0.2) is 45.1 Å². The fourth-order valence-corrected chi connectivity index (χ4v) is 5.85. The van der Waals surface area contributed by atoms with Gasteiger partial charge in [0.05, 0.1) is 18.3 Å². The van der Waals surface area contributed by atoms with Gasteiger partial charge in [-0.2, -0.15) is 0 Å². The lowest BCUT2D eigenvalue weighted by Gasteiger charge is -2.20. The molecule has 0 radical (unpaired) electrons. The highest BCUT2D eigenvalue weighted by Gasteiger charge is 2.24. The average molecular weight is 746 g/mol. The van der Waals surface area contributed by atoms with E-state index in [0.29, 0.717) is 56.5 Å². The van der Waals surface area contributed by atoms with E-state index in [1.165, 1.54) is 67.0 Å². The number of primary amides is 1. The van der Waals surface area contributed by atoms with Crippen LogP contribution in [-0.2, 0) is 14.1 Å². The van der Waals surface area contributed by atoms with E-state index < -0.39 is 11.8 Å². The fourth-order valence-electron chi connectivity index (χ4n) is 5.85. The van der Waals surface area contributed by atoms with Gasteiger partial charge in [-0.25, -0.2) is 57.2 Å². The topological polar surface area (TPSA) is 146 Å². The highest BCUT2D eigenvalue weighted by Crippen LogP contribution is 2.33. The van der Waals surface area contributed by atoms with Crippen LogP contribution in [0.5, 0.6) is 0 Å². The van der Waals surface area contributed by atoms with Crippen molar-refractivity contribution in [2.45, 2.75) is 13.8 Å². The number of benzene rings is 4. The Morgan fingerprint density at radius 3 is 1.64 bits per heavy atom. The molecule has 4 heterocycles. The smallest absolute Gasteiger partial charge is 0.325 e. The van der Waals surface area contributed by atoms with Crippen molar-refractivity contribution in [3.05, 3.63) is 132 Å². The minimum Gasteiger partial charge on any atom is -0.351 e. The van der Waals surface area contributed by atoms with Crippen LogP contribution in [0.2, 0.25) is 0 Å². The summed E-state index contributed by atoms with van der Waals surface area (Å²) in [6.07, 6.45) is 3.18. The second kappa shape index (κ2) is 14.7. The number of nitrogens with zero attached hydrogens (tertiary/aromatic N) is 9. The molecule has 16 heteroatoms. The predicted octanol–water partition coefficient (Wildman–Crippen LogP) is 8.19. The lowest BCUT2D eigenvalue weighted by Crippen LogP contribution is -2.32. The van der Waals surface area contributed by atoms with Crippen molar-refractivity contribution < 1.29 is 22.4 Å². The van der Waals surface area contributed by atoms with E-state index in [9.17, 15) is 22.4 Å². The van der Waals surface area contributed by atoms with E-state index in [4.69, 9.17) is 5.73 Å². The quantitative estimate of drug-likeness (QED) is 0.162. The third-order valence-electron chi connectivity index (χ3n) is 8.58. The standard InChI is InChI=1S/C20H16F2N6O.C19H15F2N5/c1-11-9-13(22)5-8-15(11)17-25-18-16(24-10-27(18)2)19(26-17)28(20(23)29)14-6-3-12(21)4-7-14;1-11-9-13(21)5-8-15(11)17-24-18(16-19(25-17)26(2)10-22-16)23-14-6-3-12(20)4-7-14/h3-10H,1-2H3,(H2,23,29);3-10H,1-2H3,(H,23,24,25). The van der Waals surface area contributed by atoms with Crippen LogP contribution in [0, 0.1) is 37.1 Å². The molecule has 4 aromatic carbocycles. The second-order valence-electron chi connectivity index (χ2n) is 12.5. The average Bonchev–Trinajstić information content (AvgIpc) is 3.72. The highest BCUT2D eigenvalue weighted by molar-refractivity contribution is 6.03. The Hall–Kier alpha value is -7.23. The molecule has 0 saturated carbocycles. The van der Waals surface area contributed by atoms with Gasteiger partial charge in [-0.05, 0) is 110 Å². The van der Waals surface area contributed by atoms with E-state index in [2.05, 4.69) is 35.2 Å². The molecule has 8 rings (SSSR count). The van der Waals surface area contributed by atoms with Gasteiger partial charge in [0.1, 0.15) is 23.3 Å². The zero-order valence-corrected chi connectivity index (χ0v) is 29.8. The lowest BCUT2D eigenvalue weighted by atomic mass is 10.1. The van der Waals surface area contributed by atoms with Gasteiger partial charge < -0.3 is 20.2 Å². The van der Waals surface area contributed by atoms with Crippen LogP contribution in [0.3, 0.4) is 0 Å². The van der Waals surface area contributed by atoms with Crippen molar-refractivity contribution >= 4 is 51.4 Å². The zero-order valence-electron chi connectivity index (χ0n) is 29.8. The van der Waals surface area contributed by atoms with Crippen LogP contribution < -0.4 is 16.0 Å². The summed E-state index contributed by atoms with van der Waals surface area (Å²) >= 11 is 0. The third-order valence-corrected chi connectivity index (χ3v) is 8.58. The van der Waals surface area contributed by atoms with Crippen molar-refractivity contribution in [2.75, 3.05) is 10.2 Å². The number of hydrogen-bond donors (Lipinski definition) is 2.